The molecule has 0 radical (unpaired) electrons. The van der Waals surface area contributed by atoms with Crippen LogP contribution in [0.1, 0.15) is 54.6 Å². The van der Waals surface area contributed by atoms with Gasteiger partial charge >= 0.3 is 0 Å². The normalized spacial score (nSPS) is 13.2. The Hall–Kier alpha value is -3.14. The SMILES string of the molecule is CO[C@@H](C(=O)S[C@@H](SCCC(=O)N(C)C)c1cccc(CO[Si](c2ccccc2)(c2ccccc2)C(C)(C)C)c1)c1ccccc1. The molecule has 4 rings (SSSR count). The molecular weight excluding hydrogens is 627 g/mol. The molecule has 0 bridgehead atoms. The Labute approximate surface area is 284 Å². The van der Waals surface area contributed by atoms with Crippen LogP contribution >= 0.6 is 23.5 Å². The fourth-order valence-electron chi connectivity index (χ4n) is 5.62. The molecule has 0 spiro atoms. The van der Waals surface area contributed by atoms with E-state index in [-0.39, 0.29) is 20.6 Å². The van der Waals surface area contributed by atoms with Gasteiger partial charge < -0.3 is 14.1 Å². The molecule has 242 valence electrons. The highest BCUT2D eigenvalue weighted by molar-refractivity contribution is 8.24. The number of thioether (sulfide) groups is 2. The molecule has 46 heavy (non-hydrogen) atoms. The fourth-order valence-corrected chi connectivity index (χ4v) is 12.7. The van der Waals surface area contributed by atoms with Crippen LogP contribution in [-0.2, 0) is 25.4 Å². The average molecular weight is 672 g/mol. The molecule has 5 nitrogen and oxygen atoms in total. The molecule has 4 aromatic carbocycles. The average Bonchev–Trinajstić information content (AvgIpc) is 3.06. The predicted molar refractivity (Wildman–Crippen MR) is 196 cm³/mol. The second-order valence-electron chi connectivity index (χ2n) is 12.4. The minimum Gasteiger partial charge on any atom is -0.403 e. The first-order valence-corrected chi connectivity index (χ1v) is 19.3. The van der Waals surface area contributed by atoms with Gasteiger partial charge in [0.05, 0.1) is 11.2 Å². The van der Waals surface area contributed by atoms with Crippen LogP contribution in [0.5, 0.6) is 0 Å². The molecule has 0 aliphatic heterocycles. The van der Waals surface area contributed by atoms with Crippen LogP contribution in [0.3, 0.4) is 0 Å². The first-order chi connectivity index (χ1) is 22.1. The number of methoxy groups -OCH3 is 1. The quantitative estimate of drug-likeness (QED) is 0.102. The van der Waals surface area contributed by atoms with E-state index >= 15 is 0 Å². The van der Waals surface area contributed by atoms with Crippen molar-refractivity contribution >= 4 is 53.2 Å². The Kier molecular flexibility index (Phi) is 12.9. The summed E-state index contributed by atoms with van der Waals surface area (Å²) < 4.78 is 12.7. The third-order valence-electron chi connectivity index (χ3n) is 7.95. The van der Waals surface area contributed by atoms with Crippen LogP contribution < -0.4 is 10.4 Å². The third kappa shape index (κ3) is 8.80. The van der Waals surface area contributed by atoms with Crippen LogP contribution in [0, 0.1) is 0 Å². The number of amides is 1. The van der Waals surface area contributed by atoms with E-state index in [0.29, 0.717) is 18.8 Å². The van der Waals surface area contributed by atoms with Gasteiger partial charge in [-0.2, -0.15) is 0 Å². The van der Waals surface area contributed by atoms with Gasteiger partial charge in [0.25, 0.3) is 8.32 Å². The van der Waals surface area contributed by atoms with E-state index in [2.05, 4.69) is 99.6 Å². The molecule has 0 N–H and O–H groups in total. The van der Waals surface area contributed by atoms with Gasteiger partial charge in [0, 0.05) is 33.4 Å². The van der Waals surface area contributed by atoms with E-state index in [4.69, 9.17) is 9.16 Å². The molecule has 1 amide bonds. The summed E-state index contributed by atoms with van der Waals surface area (Å²) in [5.41, 5.74) is 2.87. The molecule has 0 saturated heterocycles. The number of nitrogens with zero attached hydrogens (tertiary/aromatic N) is 1. The van der Waals surface area contributed by atoms with Gasteiger partial charge in [-0.25, -0.2) is 0 Å². The Morgan fingerprint density at radius 1 is 0.783 bits per heavy atom. The summed E-state index contributed by atoms with van der Waals surface area (Å²) >= 11 is 2.87. The first-order valence-electron chi connectivity index (χ1n) is 15.5. The fraction of sp³-hybridized carbons (Fsp3) is 0.316. The highest BCUT2D eigenvalue weighted by Gasteiger charge is 2.50. The number of hydrogen-bond acceptors (Lipinski definition) is 6. The van der Waals surface area contributed by atoms with Crippen LogP contribution in [-0.4, -0.2) is 51.2 Å². The van der Waals surface area contributed by atoms with Gasteiger partial charge in [-0.1, -0.05) is 148 Å². The highest BCUT2D eigenvalue weighted by atomic mass is 32.2. The van der Waals surface area contributed by atoms with Crippen molar-refractivity contribution in [3.8, 4) is 0 Å². The van der Waals surface area contributed by atoms with Crippen LogP contribution in [0.15, 0.2) is 115 Å². The molecular formula is C38H45NO4S2Si. The summed E-state index contributed by atoms with van der Waals surface area (Å²) in [7, 11) is 2.37. The molecule has 0 aliphatic carbocycles. The van der Waals surface area contributed by atoms with Gasteiger partial charge in [-0.15, -0.1) is 11.8 Å². The smallest absolute Gasteiger partial charge is 0.261 e. The van der Waals surface area contributed by atoms with Crippen molar-refractivity contribution in [3.63, 3.8) is 0 Å². The van der Waals surface area contributed by atoms with Crippen LogP contribution in [0.4, 0.5) is 0 Å². The van der Waals surface area contributed by atoms with Gasteiger partial charge in [0.15, 0.2) is 6.10 Å². The molecule has 0 heterocycles. The Bertz CT molecular complexity index is 1510. The summed E-state index contributed by atoms with van der Waals surface area (Å²) in [6.07, 6.45) is -0.286. The van der Waals surface area contributed by atoms with Crippen molar-refractivity contribution in [2.45, 2.75) is 49.5 Å². The Balaban J connectivity index is 1.64. The lowest BCUT2D eigenvalue weighted by atomic mass is 10.1. The van der Waals surface area contributed by atoms with E-state index in [1.165, 1.54) is 22.1 Å². The molecule has 2 atom stereocenters. The summed E-state index contributed by atoms with van der Waals surface area (Å²) in [4.78, 5) is 27.6. The number of hydrogen-bond donors (Lipinski definition) is 0. The summed E-state index contributed by atoms with van der Waals surface area (Å²) in [6.45, 7) is 7.26. The van der Waals surface area contributed by atoms with E-state index < -0.39 is 14.4 Å². The third-order valence-corrected chi connectivity index (χ3v) is 15.6. The second kappa shape index (κ2) is 16.6. The molecule has 0 saturated carbocycles. The van der Waals surface area contributed by atoms with Crippen LogP contribution in [0.2, 0.25) is 5.04 Å². The maximum Gasteiger partial charge on any atom is 0.261 e. The minimum atomic E-state index is -2.73. The predicted octanol–water partition coefficient (Wildman–Crippen LogP) is 7.62. The standard InChI is InChI=1S/C38H45NO4S2Si/c1-38(2,3)46(32-21-12-8-13-22-32,33-23-14-9-15-24-33)43-28-29-17-16-20-31(27-29)37(44-26-25-34(40)39(4)5)45-36(41)35(42-6)30-18-10-7-11-19-30/h7-24,27,35,37H,25-26,28H2,1-6H3/t35-,37-/m1/s1. The van der Waals surface area contributed by atoms with E-state index in [1.54, 1.807) is 37.9 Å². The first kappa shape index (κ1) is 35.7. The zero-order valence-corrected chi connectivity index (χ0v) is 30.3. The van der Waals surface area contributed by atoms with Crippen molar-refractivity contribution in [1.29, 1.82) is 0 Å². The van der Waals surface area contributed by atoms with E-state index in [9.17, 15) is 9.59 Å². The summed E-state index contributed by atoms with van der Waals surface area (Å²) in [5, 5.41) is 2.26. The maximum atomic E-state index is 13.7. The lowest BCUT2D eigenvalue weighted by Gasteiger charge is -2.43. The van der Waals surface area contributed by atoms with Crippen molar-refractivity contribution < 1.29 is 18.8 Å². The van der Waals surface area contributed by atoms with Gasteiger partial charge in [-0.05, 0) is 32.1 Å². The van der Waals surface area contributed by atoms with Crippen molar-refractivity contribution in [1.82, 2.24) is 4.90 Å². The van der Waals surface area contributed by atoms with Crippen molar-refractivity contribution in [2.24, 2.45) is 0 Å². The molecule has 4 aromatic rings. The molecule has 0 aromatic heterocycles. The van der Waals surface area contributed by atoms with Gasteiger partial charge in [0.2, 0.25) is 11.0 Å². The van der Waals surface area contributed by atoms with E-state index in [0.717, 1.165) is 16.7 Å². The Morgan fingerprint density at radius 3 is 1.85 bits per heavy atom. The molecule has 8 heteroatoms. The number of carbonyl (C=O) groups excluding carboxylic acids is 2. The molecule has 0 unspecified atom stereocenters. The monoisotopic (exact) mass is 671 g/mol. The Morgan fingerprint density at radius 2 is 1.33 bits per heavy atom. The number of benzene rings is 4. The zero-order chi connectivity index (χ0) is 33.2. The number of rotatable bonds is 14. The minimum absolute atomic E-state index is 0.0640. The molecule has 0 aliphatic rings. The van der Waals surface area contributed by atoms with Crippen molar-refractivity contribution in [3.05, 3.63) is 132 Å². The van der Waals surface area contributed by atoms with Crippen LogP contribution in [0.25, 0.3) is 0 Å². The van der Waals surface area contributed by atoms with Crippen molar-refractivity contribution in [2.75, 3.05) is 27.0 Å². The largest absolute Gasteiger partial charge is 0.403 e. The van der Waals surface area contributed by atoms with Gasteiger partial charge in [-0.3, -0.25) is 9.59 Å². The maximum absolute atomic E-state index is 13.7. The second-order valence-corrected chi connectivity index (χ2v) is 19.3. The lowest BCUT2D eigenvalue weighted by Crippen LogP contribution is -2.66. The number of ether oxygens (including phenoxy) is 1. The van der Waals surface area contributed by atoms with Gasteiger partial charge in [0.1, 0.15) is 0 Å². The number of carbonyl (C=O) groups is 2. The zero-order valence-electron chi connectivity index (χ0n) is 27.6. The summed E-state index contributed by atoms with van der Waals surface area (Å²) in [6, 6.07) is 39.2. The van der Waals surface area contributed by atoms with E-state index in [1.807, 2.05) is 36.4 Å². The summed E-state index contributed by atoms with van der Waals surface area (Å²) in [5.74, 6) is 0.655. The molecule has 0 fully saturated rings. The highest BCUT2D eigenvalue weighted by Crippen LogP contribution is 2.43. The topological polar surface area (TPSA) is 55.8 Å². The lowest BCUT2D eigenvalue weighted by molar-refractivity contribution is -0.128.